The number of hydrogen-bond acceptors (Lipinski definition) is 3. The first kappa shape index (κ1) is 10.8. The molecule has 0 radical (unpaired) electrons. The maximum Gasteiger partial charge on any atom is 0.128 e. The topological polar surface area (TPSA) is 42.1 Å². The molecule has 0 unspecified atom stereocenters. The highest BCUT2D eigenvalue weighted by Crippen LogP contribution is 2.12. The van der Waals surface area contributed by atoms with Gasteiger partial charge in [0, 0.05) is 13.1 Å². The molecule has 2 N–H and O–H groups in total. The number of hydrogen-bond donors (Lipinski definition) is 1. The van der Waals surface area contributed by atoms with E-state index in [4.69, 9.17) is 5.73 Å². The van der Waals surface area contributed by atoms with Gasteiger partial charge in [0.2, 0.25) is 0 Å². The molecule has 0 aliphatic heterocycles. The Hall–Kier alpha value is -1.25. The third-order valence-corrected chi connectivity index (χ3v) is 2.08. The number of nitrogen functional groups attached to an aromatic ring is 1. The highest BCUT2D eigenvalue weighted by atomic mass is 15.2. The van der Waals surface area contributed by atoms with Gasteiger partial charge in [0.25, 0.3) is 0 Å². The van der Waals surface area contributed by atoms with Crippen LogP contribution in [0.4, 0.5) is 11.5 Å². The maximum absolute atomic E-state index is 5.59. The Kier molecular flexibility index (Phi) is 4.23. The third kappa shape index (κ3) is 2.91. The van der Waals surface area contributed by atoms with Crippen LogP contribution >= 0.6 is 0 Å². The van der Waals surface area contributed by atoms with Crippen molar-refractivity contribution in [1.29, 1.82) is 0 Å². The summed E-state index contributed by atoms with van der Waals surface area (Å²) < 4.78 is 0. The zero-order valence-corrected chi connectivity index (χ0v) is 9.03. The lowest BCUT2D eigenvalue weighted by molar-refractivity contribution is 0.734. The Morgan fingerprint density at radius 2 is 1.86 bits per heavy atom. The molecule has 14 heavy (non-hydrogen) atoms. The summed E-state index contributed by atoms with van der Waals surface area (Å²) in [7, 11) is 0. The molecule has 0 fully saturated rings. The van der Waals surface area contributed by atoms with Crippen molar-refractivity contribution in [2.45, 2.75) is 26.7 Å². The van der Waals surface area contributed by atoms with Crippen LogP contribution in [-0.2, 0) is 0 Å². The lowest BCUT2D eigenvalue weighted by Gasteiger charge is -2.22. The van der Waals surface area contributed by atoms with Crippen LogP contribution in [0, 0.1) is 0 Å². The molecule has 3 heteroatoms. The first-order valence-electron chi connectivity index (χ1n) is 5.24. The van der Waals surface area contributed by atoms with Gasteiger partial charge in [0.1, 0.15) is 5.82 Å². The zero-order valence-electron chi connectivity index (χ0n) is 9.03. The zero-order chi connectivity index (χ0) is 10.4. The van der Waals surface area contributed by atoms with Gasteiger partial charge in [-0.1, -0.05) is 13.8 Å². The summed E-state index contributed by atoms with van der Waals surface area (Å²) >= 11 is 0. The Balaban J connectivity index is 2.71. The minimum atomic E-state index is 0.724. The van der Waals surface area contributed by atoms with Crippen molar-refractivity contribution in [2.75, 3.05) is 23.7 Å². The third-order valence-electron chi connectivity index (χ3n) is 2.08. The molecule has 0 amide bonds. The molecule has 0 aliphatic carbocycles. The van der Waals surface area contributed by atoms with E-state index in [1.54, 1.807) is 6.20 Å². The van der Waals surface area contributed by atoms with Gasteiger partial charge in [-0.15, -0.1) is 0 Å². The van der Waals surface area contributed by atoms with Crippen LogP contribution in [0.1, 0.15) is 26.7 Å². The molecule has 3 nitrogen and oxygen atoms in total. The fourth-order valence-electron chi connectivity index (χ4n) is 1.47. The van der Waals surface area contributed by atoms with Crippen LogP contribution in [0.2, 0.25) is 0 Å². The largest absolute Gasteiger partial charge is 0.397 e. The first-order chi connectivity index (χ1) is 6.77. The van der Waals surface area contributed by atoms with E-state index in [1.165, 1.54) is 0 Å². The normalized spacial score (nSPS) is 10.1. The summed E-state index contributed by atoms with van der Waals surface area (Å²) in [5.74, 6) is 1.03. The maximum atomic E-state index is 5.59. The molecule has 1 aromatic heterocycles. The van der Waals surface area contributed by atoms with Crippen LogP contribution in [0.3, 0.4) is 0 Å². The lowest BCUT2D eigenvalue weighted by Crippen LogP contribution is -2.25. The predicted molar refractivity (Wildman–Crippen MR) is 61.4 cm³/mol. The number of pyridine rings is 1. The van der Waals surface area contributed by atoms with Crippen LogP contribution in [-0.4, -0.2) is 18.1 Å². The van der Waals surface area contributed by atoms with Crippen molar-refractivity contribution >= 4 is 11.5 Å². The SMILES string of the molecule is CCCN(CCC)c1ccc(N)cn1. The molecular weight excluding hydrogens is 174 g/mol. The summed E-state index contributed by atoms with van der Waals surface area (Å²) in [6.07, 6.45) is 4.01. The van der Waals surface area contributed by atoms with Crippen LogP contribution in [0.25, 0.3) is 0 Å². The van der Waals surface area contributed by atoms with E-state index in [-0.39, 0.29) is 0 Å². The molecule has 0 saturated carbocycles. The molecule has 0 saturated heterocycles. The second-order valence-corrected chi connectivity index (χ2v) is 3.44. The molecule has 0 atom stereocenters. The van der Waals surface area contributed by atoms with Crippen molar-refractivity contribution in [3.63, 3.8) is 0 Å². The van der Waals surface area contributed by atoms with E-state index in [2.05, 4.69) is 23.7 Å². The van der Waals surface area contributed by atoms with E-state index in [1.807, 2.05) is 12.1 Å². The summed E-state index contributed by atoms with van der Waals surface area (Å²) in [5.41, 5.74) is 6.32. The molecule has 78 valence electrons. The summed E-state index contributed by atoms with van der Waals surface area (Å²) in [4.78, 5) is 6.61. The van der Waals surface area contributed by atoms with Crippen molar-refractivity contribution in [2.24, 2.45) is 0 Å². The van der Waals surface area contributed by atoms with Crippen LogP contribution in [0.5, 0.6) is 0 Å². The Labute approximate surface area is 85.9 Å². The molecular formula is C11H19N3. The minimum absolute atomic E-state index is 0.724. The molecule has 0 aromatic carbocycles. The average molecular weight is 193 g/mol. The van der Waals surface area contributed by atoms with Crippen molar-refractivity contribution < 1.29 is 0 Å². The summed E-state index contributed by atoms with van der Waals surface area (Å²) in [6, 6.07) is 3.89. The van der Waals surface area contributed by atoms with E-state index in [0.29, 0.717) is 0 Å². The van der Waals surface area contributed by atoms with Crippen molar-refractivity contribution in [3.05, 3.63) is 18.3 Å². The Morgan fingerprint density at radius 3 is 2.29 bits per heavy atom. The first-order valence-corrected chi connectivity index (χ1v) is 5.24. The summed E-state index contributed by atoms with van der Waals surface area (Å²) in [5, 5.41) is 0. The molecule has 1 heterocycles. The molecule has 0 spiro atoms. The monoisotopic (exact) mass is 193 g/mol. The lowest BCUT2D eigenvalue weighted by atomic mass is 10.3. The number of nitrogens with zero attached hydrogens (tertiary/aromatic N) is 2. The molecule has 0 bridgehead atoms. The van der Waals surface area contributed by atoms with E-state index in [9.17, 15) is 0 Å². The van der Waals surface area contributed by atoms with E-state index < -0.39 is 0 Å². The predicted octanol–water partition coefficient (Wildman–Crippen LogP) is 2.29. The van der Waals surface area contributed by atoms with Gasteiger partial charge in [0.15, 0.2) is 0 Å². The number of anilines is 2. The average Bonchev–Trinajstić information content (AvgIpc) is 2.19. The smallest absolute Gasteiger partial charge is 0.128 e. The second-order valence-electron chi connectivity index (χ2n) is 3.44. The number of nitrogens with two attached hydrogens (primary N) is 1. The van der Waals surface area contributed by atoms with E-state index >= 15 is 0 Å². The van der Waals surface area contributed by atoms with Crippen molar-refractivity contribution in [1.82, 2.24) is 4.98 Å². The summed E-state index contributed by atoms with van der Waals surface area (Å²) in [6.45, 7) is 6.48. The standard InChI is InChI=1S/C11H19N3/c1-3-7-14(8-4-2)11-6-5-10(12)9-13-11/h5-6,9H,3-4,7-8,12H2,1-2H3. The number of aromatic nitrogens is 1. The highest BCUT2D eigenvalue weighted by molar-refractivity contribution is 5.45. The van der Waals surface area contributed by atoms with Gasteiger partial charge in [-0.2, -0.15) is 0 Å². The quantitative estimate of drug-likeness (QED) is 0.780. The van der Waals surface area contributed by atoms with Gasteiger partial charge in [-0.05, 0) is 25.0 Å². The van der Waals surface area contributed by atoms with Gasteiger partial charge < -0.3 is 10.6 Å². The van der Waals surface area contributed by atoms with Gasteiger partial charge >= 0.3 is 0 Å². The Morgan fingerprint density at radius 1 is 1.21 bits per heavy atom. The van der Waals surface area contributed by atoms with Crippen molar-refractivity contribution in [3.8, 4) is 0 Å². The van der Waals surface area contributed by atoms with Gasteiger partial charge in [0.05, 0.1) is 11.9 Å². The molecule has 1 aromatic rings. The fraction of sp³-hybridized carbons (Fsp3) is 0.545. The van der Waals surface area contributed by atoms with E-state index in [0.717, 1.165) is 37.4 Å². The Bertz CT molecular complexity index is 250. The number of rotatable bonds is 5. The second kappa shape index (κ2) is 5.47. The minimum Gasteiger partial charge on any atom is -0.397 e. The van der Waals surface area contributed by atoms with Crippen LogP contribution < -0.4 is 10.6 Å². The van der Waals surface area contributed by atoms with Gasteiger partial charge in [-0.3, -0.25) is 0 Å². The van der Waals surface area contributed by atoms with Gasteiger partial charge in [-0.25, -0.2) is 4.98 Å². The van der Waals surface area contributed by atoms with Crippen LogP contribution in [0.15, 0.2) is 18.3 Å². The highest BCUT2D eigenvalue weighted by Gasteiger charge is 2.04. The fourth-order valence-corrected chi connectivity index (χ4v) is 1.47. The molecule has 0 aliphatic rings. The molecule has 1 rings (SSSR count).